The summed E-state index contributed by atoms with van der Waals surface area (Å²) in [4.78, 5) is 14.6. The van der Waals surface area contributed by atoms with Gasteiger partial charge in [-0.2, -0.15) is 0 Å². The Morgan fingerprint density at radius 3 is 2.73 bits per heavy atom. The maximum Gasteiger partial charge on any atom is 0.230 e. The Labute approximate surface area is 193 Å². The molecule has 2 aromatic heterocycles. The van der Waals surface area contributed by atoms with Crippen molar-refractivity contribution >= 4 is 21.8 Å². The summed E-state index contributed by atoms with van der Waals surface area (Å²) >= 11 is 0. The summed E-state index contributed by atoms with van der Waals surface area (Å²) in [7, 11) is 1.65. The summed E-state index contributed by atoms with van der Waals surface area (Å²) < 4.78 is 17.9. The predicted molar refractivity (Wildman–Crippen MR) is 130 cm³/mol. The van der Waals surface area contributed by atoms with E-state index in [1.165, 1.54) is 44.2 Å². The monoisotopic (exact) mass is 446 g/mol. The third kappa shape index (κ3) is 4.73. The van der Waals surface area contributed by atoms with E-state index in [2.05, 4.69) is 26.8 Å². The number of H-pyrrole nitrogens is 1. The number of fused-ring (bicyclic) bond motifs is 2. The van der Waals surface area contributed by atoms with E-state index in [-0.39, 0.29) is 0 Å². The quantitative estimate of drug-likeness (QED) is 0.362. The lowest BCUT2D eigenvalue weighted by atomic mass is 10.1. The van der Waals surface area contributed by atoms with Gasteiger partial charge in [0.05, 0.1) is 24.6 Å². The molecule has 1 fully saturated rings. The van der Waals surface area contributed by atoms with Crippen LogP contribution in [0.3, 0.4) is 0 Å². The van der Waals surface area contributed by atoms with Gasteiger partial charge in [-0.15, -0.1) is 0 Å². The molecule has 1 N–H and O–H groups in total. The van der Waals surface area contributed by atoms with Gasteiger partial charge in [-0.1, -0.05) is 6.42 Å². The molecule has 5 rings (SSSR count). The zero-order valence-corrected chi connectivity index (χ0v) is 19.3. The van der Waals surface area contributed by atoms with E-state index in [1.54, 1.807) is 7.11 Å². The molecule has 0 spiro atoms. The van der Waals surface area contributed by atoms with E-state index < -0.39 is 0 Å². The van der Waals surface area contributed by atoms with Crippen LogP contribution in [-0.2, 0) is 0 Å². The third-order valence-corrected chi connectivity index (χ3v) is 6.28. The van der Waals surface area contributed by atoms with Gasteiger partial charge in [-0.25, -0.2) is 9.97 Å². The normalized spacial score (nSPS) is 14.6. The van der Waals surface area contributed by atoms with Crippen molar-refractivity contribution in [2.45, 2.75) is 32.6 Å². The molecule has 7 nitrogen and oxygen atoms in total. The molecule has 33 heavy (non-hydrogen) atoms. The number of aromatic amines is 1. The van der Waals surface area contributed by atoms with Gasteiger partial charge in [0, 0.05) is 29.7 Å². The van der Waals surface area contributed by atoms with Crippen LogP contribution in [0.2, 0.25) is 0 Å². The Morgan fingerprint density at radius 1 is 1.00 bits per heavy atom. The molecule has 0 amide bonds. The number of methoxy groups -OCH3 is 1. The Morgan fingerprint density at radius 2 is 1.88 bits per heavy atom. The summed E-state index contributed by atoms with van der Waals surface area (Å²) in [6.45, 7) is 6.19. The molecule has 1 saturated heterocycles. The van der Waals surface area contributed by atoms with Crippen molar-refractivity contribution in [2.75, 3.05) is 33.4 Å². The van der Waals surface area contributed by atoms with E-state index >= 15 is 0 Å². The van der Waals surface area contributed by atoms with Gasteiger partial charge in [0.2, 0.25) is 5.88 Å². The molecule has 0 saturated carbocycles. The van der Waals surface area contributed by atoms with Gasteiger partial charge >= 0.3 is 0 Å². The molecular formula is C26H30N4O3. The number of aromatic nitrogens is 3. The van der Waals surface area contributed by atoms with Gasteiger partial charge in [0.1, 0.15) is 12.1 Å². The van der Waals surface area contributed by atoms with Crippen LogP contribution < -0.4 is 14.2 Å². The molecule has 0 radical (unpaired) electrons. The number of rotatable bonds is 8. The summed E-state index contributed by atoms with van der Waals surface area (Å²) in [5, 5.41) is 1.91. The second-order valence-electron chi connectivity index (χ2n) is 8.58. The average Bonchev–Trinajstić information content (AvgIpc) is 3.22. The largest absolute Gasteiger partial charge is 0.493 e. The first-order chi connectivity index (χ1) is 16.2. The van der Waals surface area contributed by atoms with Crippen LogP contribution in [0.15, 0.2) is 42.9 Å². The summed E-state index contributed by atoms with van der Waals surface area (Å²) in [5.74, 6) is 2.56. The minimum atomic E-state index is 0.488. The summed E-state index contributed by atoms with van der Waals surface area (Å²) in [6, 6.07) is 9.76. The Bertz CT molecular complexity index is 1250. The lowest BCUT2D eigenvalue weighted by Crippen LogP contribution is -2.31. The molecular weight excluding hydrogens is 416 g/mol. The Kier molecular flexibility index (Phi) is 6.30. The molecule has 0 bridgehead atoms. The Balaban J connectivity index is 1.33. The number of hydrogen-bond donors (Lipinski definition) is 1. The van der Waals surface area contributed by atoms with E-state index in [1.807, 2.05) is 36.5 Å². The second-order valence-corrected chi connectivity index (χ2v) is 8.58. The first kappa shape index (κ1) is 21.5. The maximum absolute atomic E-state index is 6.16. The number of nitrogens with one attached hydrogen (secondary N) is 1. The van der Waals surface area contributed by atoms with Gasteiger partial charge in [0.15, 0.2) is 11.5 Å². The van der Waals surface area contributed by atoms with Crippen LogP contribution in [0.25, 0.3) is 21.8 Å². The highest BCUT2D eigenvalue weighted by molar-refractivity contribution is 5.88. The molecule has 0 unspecified atom stereocenters. The molecule has 0 aliphatic carbocycles. The maximum atomic E-state index is 6.16. The van der Waals surface area contributed by atoms with Gasteiger partial charge in [-0.3, -0.25) is 0 Å². The van der Waals surface area contributed by atoms with Crippen LogP contribution in [0.1, 0.15) is 31.2 Å². The third-order valence-electron chi connectivity index (χ3n) is 6.28. The first-order valence-electron chi connectivity index (χ1n) is 11.6. The fourth-order valence-corrected chi connectivity index (χ4v) is 4.46. The highest BCUT2D eigenvalue weighted by Crippen LogP contribution is 2.36. The summed E-state index contributed by atoms with van der Waals surface area (Å²) in [5.41, 5.74) is 3.01. The topological polar surface area (TPSA) is 72.5 Å². The van der Waals surface area contributed by atoms with Crippen molar-refractivity contribution in [2.24, 2.45) is 0 Å². The molecule has 7 heteroatoms. The smallest absolute Gasteiger partial charge is 0.230 e. The van der Waals surface area contributed by atoms with Crippen LogP contribution in [0.5, 0.6) is 23.1 Å². The van der Waals surface area contributed by atoms with E-state index in [0.29, 0.717) is 24.0 Å². The number of piperidine rings is 1. The molecule has 4 aromatic rings. The van der Waals surface area contributed by atoms with E-state index in [9.17, 15) is 0 Å². The lowest BCUT2D eigenvalue weighted by molar-refractivity contribution is 0.203. The first-order valence-corrected chi connectivity index (χ1v) is 11.6. The van der Waals surface area contributed by atoms with Gasteiger partial charge in [-0.05, 0) is 69.1 Å². The molecule has 3 heterocycles. The molecule has 1 aliphatic heterocycles. The van der Waals surface area contributed by atoms with E-state index in [0.717, 1.165) is 40.5 Å². The zero-order valence-electron chi connectivity index (χ0n) is 19.3. The number of ether oxygens (including phenoxy) is 3. The highest BCUT2D eigenvalue weighted by atomic mass is 16.5. The van der Waals surface area contributed by atoms with Gasteiger partial charge < -0.3 is 24.1 Å². The van der Waals surface area contributed by atoms with E-state index in [4.69, 9.17) is 14.2 Å². The molecule has 172 valence electrons. The number of benzene rings is 2. The number of likely N-dealkylation sites (tertiary alicyclic amines) is 1. The van der Waals surface area contributed by atoms with Crippen LogP contribution in [0.4, 0.5) is 0 Å². The fraction of sp³-hybridized carbons (Fsp3) is 0.385. The SMILES string of the molecule is COc1cc2c(Oc3ccc4[nH]cc(C)c4c3)ncnc2cc1OCCCN1CCCCC1. The van der Waals surface area contributed by atoms with Crippen molar-refractivity contribution in [3.63, 3.8) is 0 Å². The zero-order chi connectivity index (χ0) is 22.6. The van der Waals surface area contributed by atoms with Crippen LogP contribution in [-0.4, -0.2) is 53.2 Å². The molecule has 2 aromatic carbocycles. The van der Waals surface area contributed by atoms with Crippen molar-refractivity contribution in [3.8, 4) is 23.1 Å². The van der Waals surface area contributed by atoms with Crippen LogP contribution >= 0.6 is 0 Å². The number of nitrogens with zero attached hydrogens (tertiary/aromatic N) is 3. The minimum Gasteiger partial charge on any atom is -0.493 e. The standard InChI is InChI=1S/C26H30N4O3/c1-18-16-27-22-8-7-19(13-20(18)22)33-26-21-14-24(31-2)25(15-23(21)28-17-29-26)32-12-6-11-30-9-4-3-5-10-30/h7-8,13-17,27H,3-6,9-12H2,1-2H3. The van der Waals surface area contributed by atoms with Crippen LogP contribution in [0, 0.1) is 6.92 Å². The minimum absolute atomic E-state index is 0.488. The van der Waals surface area contributed by atoms with Crippen molar-refractivity contribution in [3.05, 3.63) is 48.4 Å². The van der Waals surface area contributed by atoms with Gasteiger partial charge in [0.25, 0.3) is 0 Å². The number of hydrogen-bond acceptors (Lipinski definition) is 6. The average molecular weight is 447 g/mol. The van der Waals surface area contributed by atoms with Crippen molar-refractivity contribution in [1.82, 2.24) is 19.9 Å². The van der Waals surface area contributed by atoms with Crippen molar-refractivity contribution in [1.29, 1.82) is 0 Å². The molecule has 0 atom stereocenters. The lowest BCUT2D eigenvalue weighted by Gasteiger charge is -2.26. The second kappa shape index (κ2) is 9.67. The van der Waals surface area contributed by atoms with Crippen molar-refractivity contribution < 1.29 is 14.2 Å². The summed E-state index contributed by atoms with van der Waals surface area (Å²) in [6.07, 6.45) is 8.47. The number of aryl methyl sites for hydroxylation is 1. The predicted octanol–water partition coefficient (Wildman–Crippen LogP) is 5.48. The Hall–Kier alpha value is -3.32. The fourth-order valence-electron chi connectivity index (χ4n) is 4.46. The molecule has 1 aliphatic rings. The highest BCUT2D eigenvalue weighted by Gasteiger charge is 2.14.